The van der Waals surface area contributed by atoms with Crippen LogP contribution in [0.5, 0.6) is 11.5 Å². The monoisotopic (exact) mass is 417 g/mol. The molecular formula is C22H24ClNO5. The van der Waals surface area contributed by atoms with E-state index in [0.29, 0.717) is 19.5 Å². The Kier molecular flexibility index (Phi) is 5.67. The van der Waals surface area contributed by atoms with Crippen molar-refractivity contribution in [2.24, 2.45) is 0 Å². The first-order chi connectivity index (χ1) is 14.0. The standard InChI is InChI=1S/C22H24ClNO5/c23-20-12-22(11-15-5-1-3-7-18(15)29-22)9-10-24(20)13-16(25)14-28-19-8-4-2-6-17(19)21(26)27/h1-8,16,20,25H,9-14H2,(H,26,27)/t16-,20?,22+/m0/s1. The number of rotatable bonds is 6. The van der Waals surface area contributed by atoms with E-state index in [1.54, 1.807) is 18.2 Å². The first-order valence-corrected chi connectivity index (χ1v) is 10.2. The number of likely N-dealkylation sites (tertiary alicyclic amines) is 1. The van der Waals surface area contributed by atoms with Crippen molar-refractivity contribution < 1.29 is 24.5 Å². The van der Waals surface area contributed by atoms with Gasteiger partial charge in [-0.25, -0.2) is 4.79 Å². The van der Waals surface area contributed by atoms with Crippen molar-refractivity contribution in [2.75, 3.05) is 19.7 Å². The molecule has 0 aromatic heterocycles. The molecule has 154 valence electrons. The van der Waals surface area contributed by atoms with Gasteiger partial charge in [0.25, 0.3) is 0 Å². The van der Waals surface area contributed by atoms with Crippen LogP contribution in [0.1, 0.15) is 28.8 Å². The fourth-order valence-electron chi connectivity index (χ4n) is 4.13. The van der Waals surface area contributed by atoms with Crippen LogP contribution in [0.3, 0.4) is 0 Å². The van der Waals surface area contributed by atoms with E-state index in [1.807, 2.05) is 23.1 Å². The van der Waals surface area contributed by atoms with Gasteiger partial charge in [0, 0.05) is 32.4 Å². The van der Waals surface area contributed by atoms with E-state index in [2.05, 4.69) is 6.07 Å². The van der Waals surface area contributed by atoms with Crippen molar-refractivity contribution in [2.45, 2.75) is 36.5 Å². The number of piperidine rings is 1. The van der Waals surface area contributed by atoms with Gasteiger partial charge in [-0.1, -0.05) is 30.3 Å². The molecule has 1 unspecified atom stereocenters. The number of carboxylic acids is 1. The Labute approximate surface area is 174 Å². The van der Waals surface area contributed by atoms with Gasteiger partial charge in [-0.3, -0.25) is 4.90 Å². The summed E-state index contributed by atoms with van der Waals surface area (Å²) in [6.45, 7) is 1.06. The summed E-state index contributed by atoms with van der Waals surface area (Å²) in [5.74, 6) is 0.126. The maximum Gasteiger partial charge on any atom is 0.339 e. The second-order valence-electron chi connectivity index (χ2n) is 7.72. The zero-order valence-corrected chi connectivity index (χ0v) is 16.7. The lowest BCUT2D eigenvalue weighted by Crippen LogP contribution is -2.52. The summed E-state index contributed by atoms with van der Waals surface area (Å²) in [6.07, 6.45) is 1.59. The van der Waals surface area contributed by atoms with Crippen LogP contribution in [0.25, 0.3) is 0 Å². The predicted molar refractivity (Wildman–Crippen MR) is 109 cm³/mol. The molecule has 7 heteroatoms. The molecule has 0 bridgehead atoms. The maximum atomic E-state index is 11.3. The van der Waals surface area contributed by atoms with Crippen molar-refractivity contribution in [1.29, 1.82) is 0 Å². The van der Waals surface area contributed by atoms with Gasteiger partial charge in [-0.05, 0) is 23.8 Å². The second-order valence-corrected chi connectivity index (χ2v) is 8.22. The van der Waals surface area contributed by atoms with Crippen LogP contribution in [0.4, 0.5) is 0 Å². The van der Waals surface area contributed by atoms with E-state index in [1.165, 1.54) is 11.6 Å². The number of aliphatic hydroxyl groups excluding tert-OH is 1. The normalized spacial score (nSPS) is 24.7. The summed E-state index contributed by atoms with van der Waals surface area (Å²) >= 11 is 6.64. The lowest BCUT2D eigenvalue weighted by Gasteiger charge is -2.42. The molecule has 0 saturated carbocycles. The molecule has 0 radical (unpaired) electrons. The Morgan fingerprint density at radius 1 is 1.28 bits per heavy atom. The summed E-state index contributed by atoms with van der Waals surface area (Å²) in [4.78, 5) is 13.3. The molecule has 0 amide bonds. The summed E-state index contributed by atoms with van der Waals surface area (Å²) in [6, 6.07) is 14.5. The van der Waals surface area contributed by atoms with E-state index in [0.717, 1.165) is 18.6 Å². The van der Waals surface area contributed by atoms with Gasteiger partial charge < -0.3 is 19.7 Å². The average molecular weight is 418 g/mol. The van der Waals surface area contributed by atoms with Gasteiger partial charge in [-0.2, -0.15) is 0 Å². The summed E-state index contributed by atoms with van der Waals surface area (Å²) in [5, 5.41) is 19.6. The Bertz CT molecular complexity index is 864. The number of fused-ring (bicyclic) bond motifs is 1. The Balaban J connectivity index is 1.30. The van der Waals surface area contributed by atoms with E-state index >= 15 is 0 Å². The Hall–Kier alpha value is -2.28. The Morgan fingerprint density at radius 3 is 2.79 bits per heavy atom. The number of hydrogen-bond acceptors (Lipinski definition) is 5. The smallest absolute Gasteiger partial charge is 0.339 e. The molecule has 2 aromatic rings. The van der Waals surface area contributed by atoms with Gasteiger partial charge in [0.2, 0.25) is 0 Å². The highest BCUT2D eigenvalue weighted by atomic mass is 35.5. The highest BCUT2D eigenvalue weighted by Crippen LogP contribution is 2.43. The summed E-state index contributed by atoms with van der Waals surface area (Å²) in [7, 11) is 0. The number of aliphatic hydroxyl groups is 1. The number of aromatic carboxylic acids is 1. The van der Waals surface area contributed by atoms with Crippen molar-refractivity contribution >= 4 is 17.6 Å². The molecule has 1 saturated heterocycles. The largest absolute Gasteiger partial charge is 0.490 e. The molecule has 2 heterocycles. The van der Waals surface area contributed by atoms with Crippen LogP contribution >= 0.6 is 11.6 Å². The fourth-order valence-corrected chi connectivity index (χ4v) is 4.59. The molecule has 2 N–H and O–H groups in total. The van der Waals surface area contributed by atoms with Crippen LogP contribution in [0, 0.1) is 0 Å². The molecule has 6 nitrogen and oxygen atoms in total. The van der Waals surface area contributed by atoms with Crippen LogP contribution in [-0.2, 0) is 6.42 Å². The van der Waals surface area contributed by atoms with Crippen LogP contribution < -0.4 is 9.47 Å². The minimum Gasteiger partial charge on any atom is -0.490 e. The minimum absolute atomic E-state index is 0.00249. The number of ether oxygens (including phenoxy) is 2. The molecule has 29 heavy (non-hydrogen) atoms. The number of hydrogen-bond donors (Lipinski definition) is 2. The third kappa shape index (κ3) is 4.34. The number of nitrogens with zero attached hydrogens (tertiary/aromatic N) is 1. The lowest BCUT2D eigenvalue weighted by atomic mass is 9.87. The Morgan fingerprint density at radius 2 is 2.03 bits per heavy atom. The number of halogens is 1. The molecule has 2 aliphatic rings. The molecule has 1 spiro atoms. The SMILES string of the molecule is O=C(O)c1ccccc1OC[C@@H](O)CN1CC[C@@]2(Cc3ccccc3O2)CC1Cl. The predicted octanol–water partition coefficient (Wildman–Crippen LogP) is 3.16. The average Bonchev–Trinajstić information content (AvgIpc) is 3.06. The van der Waals surface area contributed by atoms with E-state index in [9.17, 15) is 15.0 Å². The molecule has 3 atom stereocenters. The molecule has 2 aliphatic heterocycles. The molecule has 4 rings (SSSR count). The third-order valence-corrected chi connectivity index (χ3v) is 6.03. The maximum absolute atomic E-state index is 11.3. The van der Waals surface area contributed by atoms with Crippen LogP contribution in [0.2, 0.25) is 0 Å². The van der Waals surface area contributed by atoms with E-state index in [4.69, 9.17) is 21.1 Å². The highest BCUT2D eigenvalue weighted by molar-refractivity contribution is 6.20. The van der Waals surface area contributed by atoms with Crippen molar-refractivity contribution in [3.63, 3.8) is 0 Å². The topological polar surface area (TPSA) is 79.2 Å². The lowest BCUT2D eigenvalue weighted by molar-refractivity contribution is -0.0124. The first kappa shape index (κ1) is 20.0. The van der Waals surface area contributed by atoms with Gasteiger partial charge >= 0.3 is 5.97 Å². The third-order valence-electron chi connectivity index (χ3n) is 5.60. The van der Waals surface area contributed by atoms with E-state index < -0.39 is 12.1 Å². The van der Waals surface area contributed by atoms with Crippen molar-refractivity contribution in [3.8, 4) is 11.5 Å². The van der Waals surface area contributed by atoms with Crippen molar-refractivity contribution in [3.05, 3.63) is 59.7 Å². The summed E-state index contributed by atoms with van der Waals surface area (Å²) < 4.78 is 11.8. The number of carboxylic acid groups (broad SMARTS) is 1. The molecule has 1 fully saturated rings. The van der Waals surface area contributed by atoms with Gasteiger partial charge in [0.05, 0.1) is 5.50 Å². The first-order valence-electron chi connectivity index (χ1n) is 9.74. The van der Waals surface area contributed by atoms with E-state index in [-0.39, 0.29) is 29.0 Å². The minimum atomic E-state index is -1.06. The molecule has 2 aromatic carbocycles. The van der Waals surface area contributed by atoms with Crippen LogP contribution in [0.15, 0.2) is 48.5 Å². The number of carbonyl (C=O) groups is 1. The number of para-hydroxylation sites is 2. The van der Waals surface area contributed by atoms with Gasteiger partial charge in [-0.15, -0.1) is 11.6 Å². The van der Waals surface area contributed by atoms with Gasteiger partial charge in [0.1, 0.15) is 35.4 Å². The highest BCUT2D eigenvalue weighted by Gasteiger charge is 2.45. The molecular weight excluding hydrogens is 394 g/mol. The molecule has 0 aliphatic carbocycles. The quantitative estimate of drug-likeness (QED) is 0.555. The van der Waals surface area contributed by atoms with Crippen molar-refractivity contribution in [1.82, 2.24) is 4.90 Å². The van der Waals surface area contributed by atoms with Crippen LogP contribution in [-0.4, -0.2) is 58.0 Å². The number of alkyl halides is 1. The van der Waals surface area contributed by atoms with Gasteiger partial charge in [0.15, 0.2) is 0 Å². The summed E-state index contributed by atoms with van der Waals surface area (Å²) in [5.41, 5.74) is 0.774. The zero-order valence-electron chi connectivity index (χ0n) is 16.0. The zero-order chi connectivity index (χ0) is 20.4. The number of β-amino-alcohol motifs (C(OH)–C–C–N with tert-alkyl or cyclic N) is 1. The fraction of sp³-hybridized carbons (Fsp3) is 0.409. The second kappa shape index (κ2) is 8.22. The number of benzene rings is 2.